The molecule has 0 radical (unpaired) electrons. The maximum atomic E-state index is 2.45. The fourth-order valence-corrected chi connectivity index (χ4v) is 24.8. The summed E-state index contributed by atoms with van der Waals surface area (Å²) in [5, 5.41) is 25.3. The summed E-state index contributed by atoms with van der Waals surface area (Å²) in [5.74, 6) is 0. The van der Waals surface area contributed by atoms with Crippen molar-refractivity contribution in [2.75, 3.05) is 0 Å². The van der Waals surface area contributed by atoms with E-state index in [1.165, 1.54) is 286 Å². The number of rotatable bonds is 12. The molecule has 2 aliphatic carbocycles. The highest BCUT2D eigenvalue weighted by molar-refractivity contribution is 6.27. The summed E-state index contributed by atoms with van der Waals surface area (Å²) in [6, 6.07) is 202. The Bertz CT molecular complexity index is 9980. The molecule has 29 rings (SSSR count). The molecule has 0 amide bonds. The minimum absolute atomic E-state index is 0.0231. The monoisotopic (exact) mass is 1880 g/mol. The van der Waals surface area contributed by atoms with Crippen LogP contribution in [-0.2, 0) is 10.8 Å². The van der Waals surface area contributed by atoms with Gasteiger partial charge in [-0.25, -0.2) is 0 Å². The molecule has 0 bridgehead atoms. The highest BCUT2D eigenvalue weighted by Gasteiger charge is 2.38. The van der Waals surface area contributed by atoms with Gasteiger partial charge in [0.1, 0.15) is 0 Å². The molecule has 27 aromatic carbocycles. The van der Waals surface area contributed by atoms with Gasteiger partial charge in [-0.1, -0.05) is 531 Å². The summed E-state index contributed by atoms with van der Waals surface area (Å²) in [5.41, 5.74) is 40.9. The second-order valence-corrected chi connectivity index (χ2v) is 41.0. The molecule has 2 aliphatic rings. The zero-order valence-corrected chi connectivity index (χ0v) is 83.0. The summed E-state index contributed by atoms with van der Waals surface area (Å²) in [6.45, 7) is 9.44. The highest BCUT2D eigenvalue weighted by atomic mass is 14.4. The normalized spacial score (nSPS) is 12.6. The van der Waals surface area contributed by atoms with E-state index >= 15 is 0 Å². The molecule has 0 heteroatoms. The average Bonchev–Trinajstić information content (AvgIpc) is 1.28. The highest BCUT2D eigenvalue weighted by Crippen LogP contribution is 2.56. The molecule has 0 N–H and O–H groups in total. The van der Waals surface area contributed by atoms with Gasteiger partial charge >= 0.3 is 0 Å². The topological polar surface area (TPSA) is 0 Å². The molecule has 694 valence electrons. The third kappa shape index (κ3) is 15.2. The first-order valence-corrected chi connectivity index (χ1v) is 51.8. The Morgan fingerprint density at radius 3 is 0.764 bits per heavy atom. The Balaban J connectivity index is 0.000000111. The first-order valence-electron chi connectivity index (χ1n) is 51.8. The third-order valence-corrected chi connectivity index (χ3v) is 32.0. The predicted octanol–water partition coefficient (Wildman–Crippen LogP) is 41.2. The minimum Gasteiger partial charge on any atom is -0.0622 e. The zero-order chi connectivity index (χ0) is 98.7. The molecular weight excluding hydrogens is 1780 g/mol. The summed E-state index contributed by atoms with van der Waals surface area (Å²) in [7, 11) is 0. The summed E-state index contributed by atoms with van der Waals surface area (Å²) in [4.78, 5) is 0. The lowest BCUT2D eigenvalue weighted by molar-refractivity contribution is 0.660. The smallest absolute Gasteiger partial charge is 0.0159 e. The Morgan fingerprint density at radius 1 is 0.101 bits per heavy atom. The van der Waals surface area contributed by atoms with Gasteiger partial charge in [-0.2, -0.15) is 0 Å². The van der Waals surface area contributed by atoms with Crippen LogP contribution in [0.25, 0.3) is 264 Å². The second kappa shape index (κ2) is 36.4. The Morgan fingerprint density at radius 2 is 0.331 bits per heavy atom. The Hall–Kier alpha value is -18.5. The molecule has 0 fully saturated rings. The molecule has 0 saturated carbocycles. The van der Waals surface area contributed by atoms with Crippen LogP contribution >= 0.6 is 0 Å². The average molecular weight is 1880 g/mol. The van der Waals surface area contributed by atoms with E-state index in [1.807, 2.05) is 0 Å². The van der Waals surface area contributed by atoms with Crippen LogP contribution in [0.1, 0.15) is 49.9 Å². The number of benzene rings is 27. The standard InChI is InChI=1S/C56H36.C51H36.C41H30/c1-2-15-42-34-44(31-28-37(42)12-1)38-26-29-41(30-27-38)55-51-22-7-8-23-52(51)56(50-25-11-17-40-14-4-6-21-48(40)50)53-33-32-45(36-54(53)55)43-18-9-19-46(35-43)49-24-10-16-39-13-3-5-20-47(39)49;1-51(2)47-22-11-10-18-40(47)41-29-27-38(32-48(41)51)37-28-30-45-46(31-37)49(36-25-23-34(24-26-36)33-13-4-3-5-14-33)43-19-8-9-20-44(43)50(45)42-21-12-16-35-15-6-7-17-39(35)42;1-41(2)37-20-12-11-17-31(37)32-23-21-30(26-38(32)41)29-22-24-35-36(25-29)40(28-15-7-4-8-16-28)34-19-10-9-18-33(34)39(35)27-13-5-3-6-14-27/h1-36H;3-32H,1-2H3;3-26H,1-2H3. The minimum atomic E-state index is -0.0534. The van der Waals surface area contributed by atoms with E-state index in [9.17, 15) is 0 Å². The van der Waals surface area contributed by atoms with Gasteiger partial charge in [0.05, 0.1) is 0 Å². The van der Waals surface area contributed by atoms with Gasteiger partial charge in [0.15, 0.2) is 0 Å². The van der Waals surface area contributed by atoms with E-state index < -0.39 is 0 Å². The van der Waals surface area contributed by atoms with E-state index in [0.717, 1.165) is 0 Å². The van der Waals surface area contributed by atoms with Gasteiger partial charge in [-0.05, 0) is 328 Å². The van der Waals surface area contributed by atoms with Gasteiger partial charge < -0.3 is 0 Å². The zero-order valence-electron chi connectivity index (χ0n) is 83.0. The van der Waals surface area contributed by atoms with Gasteiger partial charge in [0, 0.05) is 10.8 Å². The van der Waals surface area contributed by atoms with Crippen LogP contribution in [0.3, 0.4) is 0 Å². The van der Waals surface area contributed by atoms with Gasteiger partial charge in [-0.3, -0.25) is 0 Å². The van der Waals surface area contributed by atoms with E-state index in [4.69, 9.17) is 0 Å². The van der Waals surface area contributed by atoms with Crippen molar-refractivity contribution in [3.63, 3.8) is 0 Å². The van der Waals surface area contributed by atoms with Crippen molar-refractivity contribution in [1.82, 2.24) is 0 Å². The maximum absolute atomic E-state index is 2.45. The van der Waals surface area contributed by atoms with Crippen molar-refractivity contribution >= 4 is 108 Å². The Kier molecular flexibility index (Phi) is 21.8. The number of fused-ring (bicyclic) bond motifs is 16. The van der Waals surface area contributed by atoms with Crippen LogP contribution < -0.4 is 0 Å². The van der Waals surface area contributed by atoms with E-state index in [-0.39, 0.29) is 10.8 Å². The van der Waals surface area contributed by atoms with Crippen LogP contribution in [0, 0.1) is 0 Å². The molecule has 0 spiro atoms. The van der Waals surface area contributed by atoms with Crippen molar-refractivity contribution < 1.29 is 0 Å². The largest absolute Gasteiger partial charge is 0.0622 e. The fraction of sp³-hybridized carbons (Fsp3) is 0.0405. The predicted molar refractivity (Wildman–Crippen MR) is 635 cm³/mol. The van der Waals surface area contributed by atoms with Gasteiger partial charge in [0.25, 0.3) is 0 Å². The van der Waals surface area contributed by atoms with Gasteiger partial charge in [-0.15, -0.1) is 0 Å². The third-order valence-electron chi connectivity index (χ3n) is 32.0. The molecule has 0 unspecified atom stereocenters. The number of hydrogen-bond acceptors (Lipinski definition) is 0. The van der Waals surface area contributed by atoms with Crippen LogP contribution in [0.4, 0.5) is 0 Å². The lowest BCUT2D eigenvalue weighted by Gasteiger charge is -2.22. The second-order valence-electron chi connectivity index (χ2n) is 41.0. The van der Waals surface area contributed by atoms with Crippen molar-refractivity contribution in [3.8, 4) is 156 Å². The van der Waals surface area contributed by atoms with E-state index in [2.05, 4.69) is 574 Å². The molecule has 148 heavy (non-hydrogen) atoms. The fourth-order valence-electron chi connectivity index (χ4n) is 24.8. The van der Waals surface area contributed by atoms with Crippen LogP contribution in [0.15, 0.2) is 546 Å². The first kappa shape index (κ1) is 88.5. The molecule has 0 aliphatic heterocycles. The first-order chi connectivity index (χ1) is 72.9. The van der Waals surface area contributed by atoms with E-state index in [1.54, 1.807) is 0 Å². The molecule has 0 saturated heterocycles. The van der Waals surface area contributed by atoms with Crippen LogP contribution in [0.2, 0.25) is 0 Å². The molecule has 0 aromatic heterocycles. The lowest BCUT2D eigenvalue weighted by atomic mass is 9.81. The van der Waals surface area contributed by atoms with E-state index in [0.29, 0.717) is 0 Å². The molecule has 0 heterocycles. The maximum Gasteiger partial charge on any atom is 0.0159 e. The molecule has 0 atom stereocenters. The Labute approximate surface area is 863 Å². The van der Waals surface area contributed by atoms with Crippen molar-refractivity contribution in [2.45, 2.75) is 38.5 Å². The lowest BCUT2D eigenvalue weighted by Crippen LogP contribution is -2.14. The van der Waals surface area contributed by atoms with Crippen LogP contribution in [0.5, 0.6) is 0 Å². The van der Waals surface area contributed by atoms with Crippen LogP contribution in [-0.4, -0.2) is 0 Å². The SMILES string of the molecule is CC1(C)c2ccccc2-c2ccc(-c3ccc4c(-c5cccc6ccccc56)c5ccccc5c(-c5ccc(-c6ccccc6)cc5)c4c3)cc21.CC1(C)c2ccccc2-c2ccc(-c3ccc4c(-c5ccccc5)c5ccccc5c(-c5ccccc5)c4c3)cc21.c1cc(-c2ccc3c(-c4cccc5ccccc45)c4ccccc4c(-c4ccc(-c5ccc6ccccc6c5)cc4)c3c2)cc(-c2cccc3ccccc23)c1. The summed E-state index contributed by atoms with van der Waals surface area (Å²) in [6.07, 6.45) is 0. The quantitative estimate of drug-likeness (QED) is 0.107. The van der Waals surface area contributed by atoms with Crippen molar-refractivity contribution in [1.29, 1.82) is 0 Å². The molecular formula is C148H102. The van der Waals surface area contributed by atoms with Crippen molar-refractivity contribution in [3.05, 3.63) is 568 Å². The molecule has 0 nitrogen and oxygen atoms in total. The van der Waals surface area contributed by atoms with Crippen molar-refractivity contribution in [2.24, 2.45) is 0 Å². The van der Waals surface area contributed by atoms with Gasteiger partial charge in [0.2, 0.25) is 0 Å². The molecule has 27 aromatic rings. The summed E-state index contributed by atoms with van der Waals surface area (Å²) >= 11 is 0. The summed E-state index contributed by atoms with van der Waals surface area (Å²) < 4.78 is 0. The number of hydrogen-bond donors (Lipinski definition) is 0.